The Morgan fingerprint density at radius 2 is 2.04 bits per heavy atom. The molecule has 2 aromatic rings. The van der Waals surface area contributed by atoms with Crippen LogP contribution >= 0.6 is 23.2 Å². The van der Waals surface area contributed by atoms with Crippen molar-refractivity contribution in [2.45, 2.75) is 6.92 Å². The van der Waals surface area contributed by atoms with Crippen molar-refractivity contribution in [3.63, 3.8) is 0 Å². The Morgan fingerprint density at radius 3 is 2.73 bits per heavy atom. The van der Waals surface area contributed by atoms with Crippen molar-refractivity contribution in [3.8, 4) is 0 Å². The van der Waals surface area contributed by atoms with Crippen LogP contribution in [0, 0.1) is 11.8 Å². The van der Waals surface area contributed by atoms with Crippen molar-refractivity contribution in [2.75, 3.05) is 17.2 Å². The minimum atomic E-state index is -0.892. The summed E-state index contributed by atoms with van der Waals surface area (Å²) in [4.78, 5) is 15.5. The van der Waals surface area contributed by atoms with Gasteiger partial charge in [-0.05, 0) is 24.1 Å². The molecule has 2 atom stereocenters. The molecule has 0 amide bonds. The number of allylic oxidation sites excluding steroid dienone is 2. The highest BCUT2D eigenvalue weighted by Crippen LogP contribution is 2.27. The number of halogens is 2. The van der Waals surface area contributed by atoms with E-state index in [1.807, 2.05) is 13.0 Å². The van der Waals surface area contributed by atoms with Crippen molar-refractivity contribution in [1.82, 2.24) is 15.2 Å². The van der Waals surface area contributed by atoms with Gasteiger partial charge in [0.25, 0.3) is 0 Å². The maximum atomic E-state index is 11.2. The number of aromatic amines is 1. The van der Waals surface area contributed by atoms with Gasteiger partial charge in [0.05, 0.1) is 0 Å². The van der Waals surface area contributed by atoms with Gasteiger partial charge in [0.1, 0.15) is 0 Å². The van der Waals surface area contributed by atoms with E-state index >= 15 is 0 Å². The molecule has 2 unspecified atom stereocenters. The van der Waals surface area contributed by atoms with Gasteiger partial charge in [0.2, 0.25) is 11.9 Å². The molecule has 0 bridgehead atoms. The summed E-state index contributed by atoms with van der Waals surface area (Å²) in [5.74, 6) is -0.115. The number of aliphatic carboxylic acids is 1. The number of rotatable bonds is 6. The molecule has 1 aromatic heterocycles. The van der Waals surface area contributed by atoms with Gasteiger partial charge in [-0.15, -0.1) is 5.10 Å². The fraction of sp³-hybridized carbons (Fsp3) is 0.235. The van der Waals surface area contributed by atoms with E-state index < -0.39 is 5.97 Å². The molecule has 4 N–H and O–H groups in total. The first-order valence-corrected chi connectivity index (χ1v) is 8.69. The van der Waals surface area contributed by atoms with E-state index in [0.29, 0.717) is 39.7 Å². The summed E-state index contributed by atoms with van der Waals surface area (Å²) >= 11 is 11.9. The lowest BCUT2D eigenvalue weighted by atomic mass is 9.83. The number of aromatic nitrogens is 3. The number of carboxylic acid groups (broad SMARTS) is 1. The van der Waals surface area contributed by atoms with Crippen molar-refractivity contribution in [2.24, 2.45) is 11.8 Å². The van der Waals surface area contributed by atoms with Gasteiger partial charge in [-0.2, -0.15) is 4.98 Å². The van der Waals surface area contributed by atoms with Crippen LogP contribution in [-0.4, -0.2) is 32.8 Å². The highest BCUT2D eigenvalue weighted by atomic mass is 35.5. The molecule has 1 aliphatic rings. The summed E-state index contributed by atoms with van der Waals surface area (Å²) < 4.78 is 0. The minimum absolute atomic E-state index is 0.0349. The Bertz CT molecular complexity index is 858. The number of nitrogens with zero attached hydrogens (tertiary/aromatic N) is 2. The Balaban J connectivity index is 1.60. The van der Waals surface area contributed by atoms with Crippen molar-refractivity contribution < 1.29 is 9.90 Å². The van der Waals surface area contributed by atoms with Crippen LogP contribution in [0.1, 0.15) is 6.92 Å². The van der Waals surface area contributed by atoms with Crippen LogP contribution in [0.15, 0.2) is 42.0 Å². The smallest absolute Gasteiger partial charge is 0.331 e. The largest absolute Gasteiger partial charge is 0.478 e. The standard InChI is InChI=1S/C17H17Cl2N5O2/c1-9-10(3-2-4-14(9)15(25)26)8-20-16-22-17(24-23-16)21-13-6-11(18)5-12(19)7-13/h2-7,9-10H,8H2,1H3,(H,25,26)(H3,20,21,22,23,24). The first-order chi connectivity index (χ1) is 12.4. The lowest BCUT2D eigenvalue weighted by molar-refractivity contribution is -0.133. The van der Waals surface area contributed by atoms with E-state index in [-0.39, 0.29) is 11.8 Å². The molecular formula is C17H17Cl2N5O2. The normalized spacial score (nSPS) is 19.1. The lowest BCUT2D eigenvalue weighted by Crippen LogP contribution is -2.25. The van der Waals surface area contributed by atoms with E-state index in [9.17, 15) is 9.90 Å². The molecule has 0 fully saturated rings. The van der Waals surface area contributed by atoms with Crippen molar-refractivity contribution >= 4 is 46.8 Å². The average molecular weight is 394 g/mol. The third-order valence-electron chi connectivity index (χ3n) is 4.12. The number of H-pyrrole nitrogens is 1. The molecule has 0 spiro atoms. The molecule has 9 heteroatoms. The predicted octanol–water partition coefficient (Wildman–Crippen LogP) is 4.10. The summed E-state index contributed by atoms with van der Waals surface area (Å²) in [6.07, 6.45) is 5.38. The Morgan fingerprint density at radius 1 is 1.31 bits per heavy atom. The maximum Gasteiger partial charge on any atom is 0.331 e. The zero-order chi connectivity index (χ0) is 18.7. The van der Waals surface area contributed by atoms with Crippen LogP contribution < -0.4 is 10.6 Å². The average Bonchev–Trinajstić information content (AvgIpc) is 3.00. The SMILES string of the molecule is CC1C(C(=O)O)=CC=CC1CNc1n[nH]c(Nc2cc(Cl)cc(Cl)c2)n1. The van der Waals surface area contributed by atoms with Gasteiger partial charge in [0, 0.05) is 33.8 Å². The second kappa shape index (κ2) is 7.80. The first kappa shape index (κ1) is 18.3. The molecule has 1 aliphatic carbocycles. The summed E-state index contributed by atoms with van der Waals surface area (Å²) in [5.41, 5.74) is 1.08. The zero-order valence-corrected chi connectivity index (χ0v) is 15.3. The third-order valence-corrected chi connectivity index (χ3v) is 4.56. The van der Waals surface area contributed by atoms with Gasteiger partial charge >= 0.3 is 5.97 Å². The van der Waals surface area contributed by atoms with Crippen LogP contribution in [0.2, 0.25) is 10.0 Å². The van der Waals surface area contributed by atoms with E-state index in [1.165, 1.54) is 0 Å². The topological polar surface area (TPSA) is 103 Å². The minimum Gasteiger partial charge on any atom is -0.478 e. The Labute approximate surface area is 160 Å². The van der Waals surface area contributed by atoms with Gasteiger partial charge < -0.3 is 15.7 Å². The number of benzene rings is 1. The second-order valence-corrected chi connectivity index (χ2v) is 6.81. The highest BCUT2D eigenvalue weighted by molar-refractivity contribution is 6.35. The molecule has 1 heterocycles. The number of carboxylic acids is 1. The van der Waals surface area contributed by atoms with E-state index in [2.05, 4.69) is 25.8 Å². The molecule has 0 radical (unpaired) electrons. The second-order valence-electron chi connectivity index (χ2n) is 5.94. The predicted molar refractivity (Wildman–Crippen MR) is 102 cm³/mol. The molecule has 136 valence electrons. The van der Waals surface area contributed by atoms with Crippen LogP contribution in [-0.2, 0) is 4.79 Å². The van der Waals surface area contributed by atoms with E-state index in [0.717, 1.165) is 0 Å². The number of carbonyl (C=O) groups is 1. The number of hydrogen-bond acceptors (Lipinski definition) is 5. The molecule has 0 saturated carbocycles. The lowest BCUT2D eigenvalue weighted by Gasteiger charge is -2.24. The molecular weight excluding hydrogens is 377 g/mol. The summed E-state index contributed by atoms with van der Waals surface area (Å²) in [6.45, 7) is 2.41. The van der Waals surface area contributed by atoms with Gasteiger partial charge in [-0.25, -0.2) is 9.89 Å². The molecule has 0 saturated heterocycles. The van der Waals surface area contributed by atoms with Crippen LogP contribution in [0.25, 0.3) is 0 Å². The van der Waals surface area contributed by atoms with Crippen LogP contribution in [0.3, 0.4) is 0 Å². The zero-order valence-electron chi connectivity index (χ0n) is 13.8. The fourth-order valence-electron chi connectivity index (χ4n) is 2.73. The summed E-state index contributed by atoms with van der Waals surface area (Å²) in [6, 6.07) is 5.08. The van der Waals surface area contributed by atoms with Gasteiger partial charge in [-0.1, -0.05) is 48.4 Å². The monoisotopic (exact) mass is 393 g/mol. The van der Waals surface area contributed by atoms with Crippen LogP contribution in [0.5, 0.6) is 0 Å². The summed E-state index contributed by atoms with van der Waals surface area (Å²) in [7, 11) is 0. The van der Waals surface area contributed by atoms with Crippen molar-refractivity contribution in [1.29, 1.82) is 0 Å². The number of nitrogens with one attached hydrogen (secondary N) is 3. The molecule has 0 aliphatic heterocycles. The van der Waals surface area contributed by atoms with Gasteiger partial charge in [0.15, 0.2) is 0 Å². The molecule has 1 aromatic carbocycles. The molecule has 26 heavy (non-hydrogen) atoms. The highest BCUT2D eigenvalue weighted by Gasteiger charge is 2.25. The van der Waals surface area contributed by atoms with E-state index in [1.54, 1.807) is 30.4 Å². The quantitative estimate of drug-likeness (QED) is 0.588. The van der Waals surface area contributed by atoms with Crippen molar-refractivity contribution in [3.05, 3.63) is 52.0 Å². The van der Waals surface area contributed by atoms with Crippen LogP contribution in [0.4, 0.5) is 17.6 Å². The maximum absolute atomic E-state index is 11.2. The Hall–Kier alpha value is -2.51. The number of hydrogen-bond donors (Lipinski definition) is 4. The number of anilines is 3. The molecule has 7 nitrogen and oxygen atoms in total. The summed E-state index contributed by atoms with van der Waals surface area (Å²) in [5, 5.41) is 23.3. The fourth-order valence-corrected chi connectivity index (χ4v) is 3.26. The first-order valence-electron chi connectivity index (χ1n) is 7.93. The third kappa shape index (κ3) is 4.36. The van der Waals surface area contributed by atoms with Gasteiger partial charge in [-0.3, -0.25) is 0 Å². The van der Waals surface area contributed by atoms with E-state index in [4.69, 9.17) is 23.2 Å². The molecule has 3 rings (SSSR count). The Kier molecular flexibility index (Phi) is 5.49.